The fourth-order valence-corrected chi connectivity index (χ4v) is 6.06. The third kappa shape index (κ3) is 16.8. The quantitative estimate of drug-likeness (QED) is 0.0412. The lowest BCUT2D eigenvalue weighted by atomic mass is 9.85. The van der Waals surface area contributed by atoms with E-state index in [0.29, 0.717) is 13.0 Å². The Morgan fingerprint density at radius 2 is 0.837 bits per heavy atom. The van der Waals surface area contributed by atoms with E-state index >= 15 is 0 Å². The van der Waals surface area contributed by atoms with Crippen LogP contribution in [0.3, 0.4) is 0 Å². The number of carbonyl (C=O) groups excluding carboxylic acids is 1. The second-order valence-corrected chi connectivity index (χ2v) is 12.7. The summed E-state index contributed by atoms with van der Waals surface area (Å²) in [6.45, 7) is 9.09. The largest absolute Gasteiger partial charge is 0.504 e. The third-order valence-electron chi connectivity index (χ3n) is 8.79. The normalized spacial score (nSPS) is 11.3. The Morgan fingerprint density at radius 3 is 1.28 bits per heavy atom. The number of hydrogen-bond acceptors (Lipinski definition) is 5. The van der Waals surface area contributed by atoms with Crippen molar-refractivity contribution in [2.75, 3.05) is 6.61 Å². The molecule has 0 aliphatic rings. The molecule has 0 bridgehead atoms. The van der Waals surface area contributed by atoms with Crippen LogP contribution >= 0.6 is 0 Å². The first-order valence-corrected chi connectivity index (χ1v) is 18.4. The van der Waals surface area contributed by atoms with Crippen molar-refractivity contribution in [1.82, 2.24) is 0 Å². The van der Waals surface area contributed by atoms with Crippen molar-refractivity contribution in [3.63, 3.8) is 0 Å². The molecule has 0 spiro atoms. The van der Waals surface area contributed by atoms with Crippen LogP contribution < -0.4 is 0 Å². The van der Waals surface area contributed by atoms with Crippen LogP contribution in [0.15, 0.2) is 0 Å². The van der Waals surface area contributed by atoms with Crippen LogP contribution in [-0.2, 0) is 29.0 Å². The van der Waals surface area contributed by atoms with Crippen LogP contribution in [0.2, 0.25) is 0 Å². The van der Waals surface area contributed by atoms with Crippen molar-refractivity contribution in [2.24, 2.45) is 0 Å². The highest BCUT2D eigenvalue weighted by Crippen LogP contribution is 2.41. The molecule has 250 valence electrons. The summed E-state index contributed by atoms with van der Waals surface area (Å²) in [4.78, 5) is 23.7. The lowest BCUT2D eigenvalue weighted by molar-refractivity contribution is -0.241. The fraction of sp³-hybridized carbons (Fsp3) is 0.816. The number of unbranched alkanes of at least 4 members (excludes halogenated alkanes) is 19. The first-order chi connectivity index (χ1) is 21.0. The van der Waals surface area contributed by atoms with Crippen molar-refractivity contribution in [1.29, 1.82) is 0 Å². The highest BCUT2D eigenvalue weighted by atomic mass is 17.2. The molecule has 0 fully saturated rings. The summed E-state index contributed by atoms with van der Waals surface area (Å²) < 4.78 is 0. The predicted octanol–water partition coefficient (Wildman–Crippen LogP) is 11.9. The highest BCUT2D eigenvalue weighted by Gasteiger charge is 2.28. The topological polar surface area (TPSA) is 76.0 Å². The lowest BCUT2D eigenvalue weighted by Crippen LogP contribution is -2.14. The Kier molecular flexibility index (Phi) is 24.3. The summed E-state index contributed by atoms with van der Waals surface area (Å²) in [6, 6.07) is 0. The molecule has 1 aromatic rings. The number of carbonyl (C=O) groups is 1. The number of phenolic OH excluding ortho intramolecular Hbond substituents is 2. The molecule has 0 aliphatic carbocycles. The van der Waals surface area contributed by atoms with Gasteiger partial charge in [0.15, 0.2) is 11.5 Å². The smallest absolute Gasteiger partial charge is 0.377 e. The van der Waals surface area contributed by atoms with Crippen molar-refractivity contribution in [3.8, 4) is 11.5 Å². The predicted molar refractivity (Wildman–Crippen MR) is 181 cm³/mol. The fourth-order valence-electron chi connectivity index (χ4n) is 6.06. The van der Waals surface area contributed by atoms with Gasteiger partial charge >= 0.3 is 5.97 Å². The van der Waals surface area contributed by atoms with Gasteiger partial charge in [0.1, 0.15) is 5.56 Å². The molecule has 0 saturated heterocycles. The zero-order valence-corrected chi connectivity index (χ0v) is 28.7. The summed E-state index contributed by atoms with van der Waals surface area (Å²) in [5.74, 6) is -1.15. The maximum atomic E-state index is 13.3. The van der Waals surface area contributed by atoms with Gasteiger partial charge in [-0.25, -0.2) is 4.79 Å². The minimum atomic E-state index is -0.690. The van der Waals surface area contributed by atoms with Crippen molar-refractivity contribution in [3.05, 3.63) is 22.3 Å². The molecule has 0 radical (unpaired) electrons. The van der Waals surface area contributed by atoms with Crippen LogP contribution in [-0.4, -0.2) is 22.8 Å². The van der Waals surface area contributed by atoms with E-state index in [9.17, 15) is 15.0 Å². The first-order valence-electron chi connectivity index (χ1n) is 18.4. The minimum Gasteiger partial charge on any atom is -0.504 e. The van der Waals surface area contributed by atoms with E-state index in [1.165, 1.54) is 96.3 Å². The van der Waals surface area contributed by atoms with Crippen molar-refractivity contribution in [2.45, 2.75) is 195 Å². The van der Waals surface area contributed by atoms with E-state index in [4.69, 9.17) is 9.78 Å². The standard InChI is InChI=1S/C38H68O5/c1-5-9-13-16-19-22-25-28-32-33(29-26-23-20-17-14-10-6-2)35(38(41)43-42-31-12-8-4)37(40)36(39)34(32)30-27-24-21-18-15-11-7-3/h39-40H,5-31H2,1-4H3. The summed E-state index contributed by atoms with van der Waals surface area (Å²) in [6.07, 6.45) is 29.1. The van der Waals surface area contributed by atoms with Gasteiger partial charge in [-0.1, -0.05) is 150 Å². The molecular weight excluding hydrogens is 536 g/mol. The van der Waals surface area contributed by atoms with Gasteiger partial charge < -0.3 is 10.2 Å². The maximum Gasteiger partial charge on any atom is 0.377 e. The Morgan fingerprint density at radius 1 is 0.465 bits per heavy atom. The van der Waals surface area contributed by atoms with E-state index in [2.05, 4.69) is 27.7 Å². The van der Waals surface area contributed by atoms with E-state index in [1.807, 2.05) is 0 Å². The van der Waals surface area contributed by atoms with Crippen LogP contribution in [0.25, 0.3) is 0 Å². The maximum absolute atomic E-state index is 13.3. The summed E-state index contributed by atoms with van der Waals surface area (Å²) in [5, 5.41) is 22.6. The van der Waals surface area contributed by atoms with E-state index in [-0.39, 0.29) is 17.1 Å². The molecule has 5 heteroatoms. The van der Waals surface area contributed by atoms with Gasteiger partial charge in [0, 0.05) is 5.56 Å². The minimum absolute atomic E-state index is 0.112. The monoisotopic (exact) mass is 605 g/mol. The Bertz CT molecular complexity index is 834. The number of benzene rings is 1. The summed E-state index contributed by atoms with van der Waals surface area (Å²) in [7, 11) is 0. The molecule has 1 aromatic carbocycles. The van der Waals surface area contributed by atoms with Crippen LogP contribution in [0.4, 0.5) is 0 Å². The van der Waals surface area contributed by atoms with Crippen LogP contribution in [0.5, 0.6) is 11.5 Å². The van der Waals surface area contributed by atoms with Crippen LogP contribution in [0.1, 0.15) is 202 Å². The highest BCUT2D eigenvalue weighted by molar-refractivity contribution is 5.95. The second kappa shape index (κ2) is 26.6. The van der Waals surface area contributed by atoms with Crippen LogP contribution in [0, 0.1) is 0 Å². The molecular formula is C38H68O5. The zero-order chi connectivity index (χ0) is 31.5. The summed E-state index contributed by atoms with van der Waals surface area (Å²) >= 11 is 0. The van der Waals surface area contributed by atoms with E-state index in [0.717, 1.165) is 80.9 Å². The number of phenols is 2. The number of aromatic hydroxyl groups is 2. The molecule has 0 heterocycles. The van der Waals surface area contributed by atoms with E-state index < -0.39 is 5.97 Å². The Balaban J connectivity index is 3.22. The lowest BCUT2D eigenvalue weighted by Gasteiger charge is -2.22. The molecule has 5 nitrogen and oxygen atoms in total. The zero-order valence-electron chi connectivity index (χ0n) is 28.7. The Labute approximate surface area is 265 Å². The van der Waals surface area contributed by atoms with Crippen molar-refractivity contribution >= 4 is 5.97 Å². The molecule has 0 aromatic heterocycles. The average Bonchev–Trinajstić information content (AvgIpc) is 3.00. The number of rotatable bonds is 29. The Hall–Kier alpha value is -1.75. The SMILES string of the molecule is CCCCCCCCCc1c(O)c(O)c(C(=O)OOCCCC)c(CCCCCCCCC)c1CCCCCCCCC. The molecule has 0 amide bonds. The summed E-state index contributed by atoms with van der Waals surface area (Å²) in [5.41, 5.74) is 2.90. The molecule has 0 unspecified atom stereocenters. The second-order valence-electron chi connectivity index (χ2n) is 12.7. The van der Waals surface area contributed by atoms with Crippen molar-refractivity contribution < 1.29 is 24.8 Å². The average molecular weight is 605 g/mol. The van der Waals surface area contributed by atoms with Gasteiger partial charge in [-0.05, 0) is 56.1 Å². The molecule has 0 atom stereocenters. The molecule has 43 heavy (non-hydrogen) atoms. The van der Waals surface area contributed by atoms with Gasteiger partial charge in [-0.15, -0.1) is 0 Å². The van der Waals surface area contributed by atoms with Gasteiger partial charge in [-0.2, -0.15) is 4.89 Å². The number of hydrogen-bond donors (Lipinski definition) is 2. The molecule has 1 rings (SSSR count). The van der Waals surface area contributed by atoms with Gasteiger partial charge in [-0.3, -0.25) is 4.89 Å². The van der Waals surface area contributed by atoms with Gasteiger partial charge in [0.05, 0.1) is 6.61 Å². The molecule has 2 N–H and O–H groups in total. The molecule has 0 aliphatic heterocycles. The van der Waals surface area contributed by atoms with Gasteiger partial charge in [0.25, 0.3) is 0 Å². The third-order valence-corrected chi connectivity index (χ3v) is 8.79. The van der Waals surface area contributed by atoms with Gasteiger partial charge in [0.2, 0.25) is 0 Å². The molecule has 0 saturated carbocycles. The first kappa shape index (κ1) is 39.3. The van der Waals surface area contributed by atoms with E-state index in [1.54, 1.807) is 0 Å².